The number of nitrogens with one attached hydrogen (secondary N) is 1. The van der Waals surface area contributed by atoms with Gasteiger partial charge in [0.2, 0.25) is 0 Å². The lowest BCUT2D eigenvalue weighted by atomic mass is 9.78. The van der Waals surface area contributed by atoms with Crippen LogP contribution in [-0.4, -0.2) is 31.1 Å². The molecule has 0 amide bonds. The molecule has 126 valence electrons. The zero-order valence-corrected chi connectivity index (χ0v) is 16.0. The quantitative estimate of drug-likeness (QED) is 0.792. The van der Waals surface area contributed by atoms with E-state index < -0.39 is 0 Å². The Bertz CT molecular complexity index is 501. The van der Waals surface area contributed by atoms with Gasteiger partial charge in [-0.15, -0.1) is 24.8 Å². The molecule has 2 aliphatic heterocycles. The Hall–Kier alpha value is 0.300. The fraction of sp³-hybridized carbons (Fsp3) is 0.625. The molecule has 1 spiro atoms. The van der Waals surface area contributed by atoms with Gasteiger partial charge in [0.15, 0.2) is 0 Å². The molecule has 1 N–H and O–H groups in total. The van der Waals surface area contributed by atoms with Gasteiger partial charge in [-0.3, -0.25) is 4.90 Å². The summed E-state index contributed by atoms with van der Waals surface area (Å²) >= 11 is 12.6. The lowest BCUT2D eigenvalue weighted by molar-refractivity contribution is 0.194. The number of benzene rings is 1. The van der Waals surface area contributed by atoms with Gasteiger partial charge in [-0.25, -0.2) is 0 Å². The molecule has 0 radical (unpaired) electrons. The van der Waals surface area contributed by atoms with Crippen molar-refractivity contribution in [2.75, 3.05) is 26.2 Å². The van der Waals surface area contributed by atoms with Crippen LogP contribution < -0.4 is 5.32 Å². The maximum atomic E-state index is 6.39. The summed E-state index contributed by atoms with van der Waals surface area (Å²) in [6.07, 6.45) is 3.95. The molecule has 2 heterocycles. The van der Waals surface area contributed by atoms with Crippen LogP contribution in [0.4, 0.5) is 0 Å². The summed E-state index contributed by atoms with van der Waals surface area (Å²) < 4.78 is 0. The summed E-state index contributed by atoms with van der Waals surface area (Å²) in [7, 11) is 0. The first-order valence-corrected chi connectivity index (χ1v) is 8.22. The minimum atomic E-state index is 0. The van der Waals surface area contributed by atoms with Crippen molar-refractivity contribution in [2.45, 2.75) is 32.7 Å². The van der Waals surface area contributed by atoms with Crippen LogP contribution in [0.25, 0.3) is 0 Å². The van der Waals surface area contributed by atoms with E-state index in [1.165, 1.54) is 45.4 Å². The lowest BCUT2D eigenvalue weighted by Gasteiger charge is -2.34. The average molecular weight is 386 g/mol. The Morgan fingerprint density at radius 2 is 1.77 bits per heavy atom. The molecule has 3 rings (SSSR count). The Balaban J connectivity index is 0.00000121. The highest BCUT2D eigenvalue weighted by molar-refractivity contribution is 6.42. The van der Waals surface area contributed by atoms with Gasteiger partial charge in [0, 0.05) is 13.1 Å². The first-order chi connectivity index (χ1) is 9.60. The molecule has 0 aliphatic carbocycles. The van der Waals surface area contributed by atoms with Crippen LogP contribution in [-0.2, 0) is 6.54 Å². The highest BCUT2D eigenvalue weighted by Crippen LogP contribution is 2.40. The van der Waals surface area contributed by atoms with Crippen LogP contribution in [0.3, 0.4) is 0 Å². The number of aryl methyl sites for hydroxylation is 1. The summed E-state index contributed by atoms with van der Waals surface area (Å²) in [5.41, 5.74) is 2.76. The predicted molar refractivity (Wildman–Crippen MR) is 100 cm³/mol. The molecule has 1 aromatic carbocycles. The van der Waals surface area contributed by atoms with Crippen molar-refractivity contribution in [1.29, 1.82) is 0 Å². The maximum absolute atomic E-state index is 6.39. The fourth-order valence-corrected chi connectivity index (χ4v) is 4.03. The van der Waals surface area contributed by atoms with Crippen LogP contribution in [0.5, 0.6) is 0 Å². The summed E-state index contributed by atoms with van der Waals surface area (Å²) in [6, 6.07) is 4.19. The van der Waals surface area contributed by atoms with Crippen molar-refractivity contribution in [3.05, 3.63) is 33.3 Å². The van der Waals surface area contributed by atoms with E-state index in [0.29, 0.717) is 10.4 Å². The second kappa shape index (κ2) is 8.41. The van der Waals surface area contributed by atoms with Crippen molar-refractivity contribution in [1.82, 2.24) is 10.2 Å². The van der Waals surface area contributed by atoms with E-state index in [4.69, 9.17) is 23.2 Å². The molecule has 2 aliphatic rings. The lowest BCUT2D eigenvalue weighted by Crippen LogP contribution is -2.38. The minimum absolute atomic E-state index is 0. The summed E-state index contributed by atoms with van der Waals surface area (Å²) in [6.45, 7) is 7.65. The maximum Gasteiger partial charge on any atom is 0.0640 e. The third-order valence-electron chi connectivity index (χ3n) is 4.93. The van der Waals surface area contributed by atoms with Crippen molar-refractivity contribution < 1.29 is 0 Å². The standard InChI is InChI=1S/C16H22Cl2N2.2ClH/c1-12-2-3-13(15(18)14(12)17)10-20-9-6-16(11-20)4-7-19-8-5-16;;/h2-3,19H,4-11H2,1H3;2*1H. The third-order valence-corrected chi connectivity index (χ3v) is 5.95. The van der Waals surface area contributed by atoms with Crippen LogP contribution >= 0.6 is 48.0 Å². The molecule has 22 heavy (non-hydrogen) atoms. The number of halogens is 4. The topological polar surface area (TPSA) is 15.3 Å². The summed E-state index contributed by atoms with van der Waals surface area (Å²) in [5.74, 6) is 0. The van der Waals surface area contributed by atoms with Crippen molar-refractivity contribution in [3.63, 3.8) is 0 Å². The van der Waals surface area contributed by atoms with Gasteiger partial charge < -0.3 is 5.32 Å². The van der Waals surface area contributed by atoms with Gasteiger partial charge >= 0.3 is 0 Å². The normalized spacial score (nSPS) is 20.5. The molecule has 2 fully saturated rings. The van der Waals surface area contributed by atoms with E-state index in [1.807, 2.05) is 6.92 Å². The molecular formula is C16H24Cl4N2. The molecule has 1 aromatic rings. The van der Waals surface area contributed by atoms with Crippen LogP contribution in [0, 0.1) is 12.3 Å². The zero-order chi connectivity index (χ0) is 14.2. The molecule has 0 saturated carbocycles. The predicted octanol–water partition coefficient (Wildman–Crippen LogP) is 4.72. The molecule has 0 unspecified atom stereocenters. The average Bonchev–Trinajstić information content (AvgIpc) is 2.83. The number of hydrogen-bond acceptors (Lipinski definition) is 2. The van der Waals surface area contributed by atoms with Gasteiger partial charge in [-0.05, 0) is 62.4 Å². The number of hydrogen-bond donors (Lipinski definition) is 1. The summed E-state index contributed by atoms with van der Waals surface area (Å²) in [5, 5.41) is 4.91. The largest absolute Gasteiger partial charge is 0.317 e. The van der Waals surface area contributed by atoms with Gasteiger partial charge in [0.25, 0.3) is 0 Å². The van der Waals surface area contributed by atoms with Crippen LogP contribution in [0.15, 0.2) is 12.1 Å². The first kappa shape index (κ1) is 20.3. The smallest absolute Gasteiger partial charge is 0.0640 e. The molecule has 0 aromatic heterocycles. The van der Waals surface area contributed by atoms with E-state index in [1.54, 1.807) is 0 Å². The second-order valence-electron chi connectivity index (χ2n) is 6.38. The van der Waals surface area contributed by atoms with E-state index in [-0.39, 0.29) is 24.8 Å². The zero-order valence-electron chi connectivity index (χ0n) is 12.8. The van der Waals surface area contributed by atoms with E-state index in [2.05, 4.69) is 22.3 Å². The van der Waals surface area contributed by atoms with Crippen molar-refractivity contribution in [2.24, 2.45) is 5.41 Å². The molecule has 0 bridgehead atoms. The van der Waals surface area contributed by atoms with Gasteiger partial charge in [-0.1, -0.05) is 35.3 Å². The number of likely N-dealkylation sites (tertiary alicyclic amines) is 1. The van der Waals surface area contributed by atoms with Crippen molar-refractivity contribution >= 4 is 48.0 Å². The molecule has 6 heteroatoms. The molecular weight excluding hydrogens is 362 g/mol. The number of rotatable bonds is 2. The highest BCUT2D eigenvalue weighted by atomic mass is 35.5. The van der Waals surface area contributed by atoms with Gasteiger partial charge in [0.05, 0.1) is 10.0 Å². The van der Waals surface area contributed by atoms with Gasteiger partial charge in [-0.2, -0.15) is 0 Å². The van der Waals surface area contributed by atoms with E-state index in [9.17, 15) is 0 Å². The molecule has 2 saturated heterocycles. The Morgan fingerprint density at radius 3 is 2.45 bits per heavy atom. The van der Waals surface area contributed by atoms with E-state index >= 15 is 0 Å². The van der Waals surface area contributed by atoms with Gasteiger partial charge in [0.1, 0.15) is 0 Å². The highest BCUT2D eigenvalue weighted by Gasteiger charge is 2.38. The van der Waals surface area contributed by atoms with Crippen LogP contribution in [0.1, 0.15) is 30.4 Å². The Morgan fingerprint density at radius 1 is 1.09 bits per heavy atom. The molecule has 0 atom stereocenters. The third kappa shape index (κ3) is 4.23. The fourth-order valence-electron chi connectivity index (χ4n) is 3.58. The SMILES string of the molecule is Cc1ccc(CN2CCC3(CCNCC3)C2)c(Cl)c1Cl.Cl.Cl. The van der Waals surface area contributed by atoms with Crippen LogP contribution in [0.2, 0.25) is 10.0 Å². The Kier molecular flexibility index (Phi) is 7.78. The van der Waals surface area contributed by atoms with E-state index in [0.717, 1.165) is 22.7 Å². The molecule has 2 nitrogen and oxygen atoms in total. The number of nitrogens with zero attached hydrogens (tertiary/aromatic N) is 1. The van der Waals surface area contributed by atoms with Crippen molar-refractivity contribution in [3.8, 4) is 0 Å². The summed E-state index contributed by atoms with van der Waals surface area (Å²) in [4.78, 5) is 2.54. The number of piperidine rings is 1. The Labute approximate surface area is 155 Å². The monoisotopic (exact) mass is 384 g/mol. The minimum Gasteiger partial charge on any atom is -0.317 e. The first-order valence-electron chi connectivity index (χ1n) is 7.46. The second-order valence-corrected chi connectivity index (χ2v) is 7.14.